The summed E-state index contributed by atoms with van der Waals surface area (Å²) >= 11 is 3.47. The summed E-state index contributed by atoms with van der Waals surface area (Å²) in [7, 11) is 1.47. The second-order valence-corrected chi connectivity index (χ2v) is 9.16. The van der Waals surface area contributed by atoms with Crippen molar-refractivity contribution in [2.24, 2.45) is 0 Å². The van der Waals surface area contributed by atoms with Gasteiger partial charge in [-0.05, 0) is 76.5 Å². The summed E-state index contributed by atoms with van der Waals surface area (Å²) in [6.07, 6.45) is 1.47. The van der Waals surface area contributed by atoms with Gasteiger partial charge in [0.15, 0.2) is 11.5 Å². The van der Waals surface area contributed by atoms with Gasteiger partial charge in [-0.15, -0.1) is 0 Å². The number of nitrogens with one attached hydrogen (secondary N) is 2. The van der Waals surface area contributed by atoms with Crippen LogP contribution in [0.1, 0.15) is 18.1 Å². The van der Waals surface area contributed by atoms with Crippen molar-refractivity contribution in [2.45, 2.75) is 13.5 Å². The van der Waals surface area contributed by atoms with Gasteiger partial charge in [0.05, 0.1) is 23.9 Å². The third kappa shape index (κ3) is 6.74. The molecular weight excluding hydrogens is 573 g/mol. The molecule has 202 valence electrons. The number of halogens is 2. The van der Waals surface area contributed by atoms with Gasteiger partial charge < -0.3 is 24.8 Å². The number of amides is 4. The van der Waals surface area contributed by atoms with Crippen LogP contribution < -0.4 is 24.8 Å². The van der Waals surface area contributed by atoms with Crippen molar-refractivity contribution in [3.05, 3.63) is 87.8 Å². The summed E-state index contributed by atoms with van der Waals surface area (Å²) in [5.74, 6) is -0.347. The maximum atomic E-state index is 13.5. The Morgan fingerprint density at radius 2 is 1.87 bits per heavy atom. The zero-order valence-electron chi connectivity index (χ0n) is 21.1. The van der Waals surface area contributed by atoms with Crippen molar-refractivity contribution in [1.82, 2.24) is 10.2 Å². The molecular formula is C28H25BrFN3O6. The fourth-order valence-electron chi connectivity index (χ4n) is 3.82. The normalized spacial score (nSPS) is 13.8. The number of benzene rings is 3. The van der Waals surface area contributed by atoms with E-state index in [9.17, 15) is 18.8 Å². The average molecular weight is 598 g/mol. The number of para-hydroxylation sites is 2. The molecule has 3 aromatic carbocycles. The van der Waals surface area contributed by atoms with Gasteiger partial charge in [-0.1, -0.05) is 24.3 Å². The summed E-state index contributed by atoms with van der Waals surface area (Å²) in [4.78, 5) is 38.8. The molecule has 0 saturated carbocycles. The molecule has 0 aliphatic carbocycles. The number of hydrogen-bond donors (Lipinski definition) is 2. The minimum Gasteiger partial charge on any atom is -0.495 e. The topological polar surface area (TPSA) is 106 Å². The molecule has 3 aromatic rings. The first-order valence-corrected chi connectivity index (χ1v) is 12.7. The minimum atomic E-state index is -0.722. The van der Waals surface area contributed by atoms with Gasteiger partial charge in [-0.2, -0.15) is 0 Å². The Bertz CT molecular complexity index is 1440. The lowest BCUT2D eigenvalue weighted by atomic mass is 10.1. The summed E-state index contributed by atoms with van der Waals surface area (Å²) in [6.45, 7) is 1.77. The molecule has 39 heavy (non-hydrogen) atoms. The van der Waals surface area contributed by atoms with Gasteiger partial charge in [0.25, 0.3) is 5.91 Å². The number of rotatable bonds is 10. The number of methoxy groups -OCH3 is 1. The molecule has 4 rings (SSSR count). The Balaban J connectivity index is 1.49. The highest BCUT2D eigenvalue weighted by atomic mass is 79.9. The van der Waals surface area contributed by atoms with Crippen LogP contribution in [-0.2, 0) is 16.2 Å². The highest BCUT2D eigenvalue weighted by Crippen LogP contribution is 2.38. The van der Waals surface area contributed by atoms with Crippen LogP contribution in [0.3, 0.4) is 0 Å². The molecule has 4 amide bonds. The zero-order chi connectivity index (χ0) is 27.9. The highest BCUT2D eigenvalue weighted by molar-refractivity contribution is 9.10. The maximum absolute atomic E-state index is 13.5. The maximum Gasteiger partial charge on any atom is 0.329 e. The van der Waals surface area contributed by atoms with E-state index in [0.717, 1.165) is 4.90 Å². The molecule has 9 nitrogen and oxygen atoms in total. The van der Waals surface area contributed by atoms with E-state index in [-0.39, 0.29) is 18.1 Å². The van der Waals surface area contributed by atoms with Crippen molar-refractivity contribution >= 4 is 45.5 Å². The van der Waals surface area contributed by atoms with Crippen LogP contribution >= 0.6 is 15.9 Å². The molecule has 1 aliphatic heterocycles. The molecule has 0 aromatic heterocycles. The first-order valence-electron chi connectivity index (χ1n) is 11.9. The van der Waals surface area contributed by atoms with Gasteiger partial charge >= 0.3 is 6.03 Å². The average Bonchev–Trinajstić information content (AvgIpc) is 3.16. The zero-order valence-corrected chi connectivity index (χ0v) is 22.7. The van der Waals surface area contributed by atoms with Gasteiger partial charge in [0.2, 0.25) is 5.91 Å². The predicted octanol–water partition coefficient (Wildman–Crippen LogP) is 5.11. The molecule has 0 bridgehead atoms. The van der Waals surface area contributed by atoms with Gasteiger partial charge in [-0.25, -0.2) is 14.1 Å². The van der Waals surface area contributed by atoms with E-state index in [1.807, 2.05) is 6.92 Å². The Morgan fingerprint density at radius 1 is 1.08 bits per heavy atom. The molecule has 11 heteroatoms. The molecule has 1 fully saturated rings. The van der Waals surface area contributed by atoms with Crippen LogP contribution in [0.2, 0.25) is 0 Å². The third-order valence-corrected chi connectivity index (χ3v) is 6.15. The van der Waals surface area contributed by atoms with E-state index in [1.165, 1.54) is 25.3 Å². The number of hydrogen-bond acceptors (Lipinski definition) is 6. The van der Waals surface area contributed by atoms with Crippen molar-refractivity contribution < 1.29 is 33.0 Å². The largest absolute Gasteiger partial charge is 0.495 e. The molecule has 0 atom stereocenters. The van der Waals surface area contributed by atoms with Crippen molar-refractivity contribution in [3.63, 3.8) is 0 Å². The third-order valence-electron chi connectivity index (χ3n) is 5.56. The molecule has 2 N–H and O–H groups in total. The number of urea groups is 1. The van der Waals surface area contributed by atoms with E-state index in [2.05, 4.69) is 26.6 Å². The molecule has 0 spiro atoms. The SMILES string of the molecule is CCOc1cc(/C=C2/NC(=O)N(CC(=O)Nc3ccccc3OC)C2=O)cc(Br)c1OCc1cccc(F)c1. The Morgan fingerprint density at radius 3 is 2.62 bits per heavy atom. The van der Waals surface area contributed by atoms with E-state index in [4.69, 9.17) is 14.2 Å². The lowest BCUT2D eigenvalue weighted by Crippen LogP contribution is -2.38. The monoisotopic (exact) mass is 597 g/mol. The predicted molar refractivity (Wildman–Crippen MR) is 146 cm³/mol. The van der Waals surface area contributed by atoms with E-state index >= 15 is 0 Å². The highest BCUT2D eigenvalue weighted by Gasteiger charge is 2.35. The Labute approximate surface area is 232 Å². The molecule has 1 heterocycles. The molecule has 0 unspecified atom stereocenters. The van der Waals surface area contributed by atoms with Crippen molar-refractivity contribution in [2.75, 3.05) is 25.6 Å². The number of carbonyl (C=O) groups excluding carboxylic acids is 3. The summed E-state index contributed by atoms with van der Waals surface area (Å²) < 4.78 is 30.9. The summed E-state index contributed by atoms with van der Waals surface area (Å²) in [6, 6.07) is 15.5. The van der Waals surface area contributed by atoms with Crippen LogP contribution in [0.4, 0.5) is 14.9 Å². The summed E-state index contributed by atoms with van der Waals surface area (Å²) in [5.41, 5.74) is 1.59. The first kappa shape index (κ1) is 27.6. The second-order valence-electron chi connectivity index (χ2n) is 8.31. The fraction of sp³-hybridized carbons (Fsp3) is 0.179. The molecule has 0 radical (unpaired) electrons. The van der Waals surface area contributed by atoms with E-state index in [0.29, 0.717) is 45.1 Å². The quantitative estimate of drug-likeness (QED) is 0.249. The standard InChI is InChI=1S/C28H25BrFN3O6/c1-3-38-24-14-18(12-20(29)26(24)39-16-17-7-6-8-19(30)11-17)13-22-27(35)33(28(36)32-22)15-25(34)31-21-9-4-5-10-23(21)37-2/h4-14H,3,15-16H2,1-2H3,(H,31,34)(H,32,36)/b22-13+. The number of nitrogens with zero attached hydrogens (tertiary/aromatic N) is 1. The lowest BCUT2D eigenvalue weighted by Gasteiger charge is -2.15. The van der Waals surface area contributed by atoms with Crippen LogP contribution in [0.25, 0.3) is 6.08 Å². The summed E-state index contributed by atoms with van der Waals surface area (Å²) in [5, 5.41) is 5.14. The fourth-order valence-corrected chi connectivity index (χ4v) is 4.39. The number of ether oxygens (including phenoxy) is 3. The first-order chi connectivity index (χ1) is 18.8. The number of carbonyl (C=O) groups is 3. The lowest BCUT2D eigenvalue weighted by molar-refractivity contribution is -0.127. The van der Waals surface area contributed by atoms with Gasteiger partial charge in [-0.3, -0.25) is 9.59 Å². The minimum absolute atomic E-state index is 0.00660. The molecule has 1 aliphatic rings. The smallest absolute Gasteiger partial charge is 0.329 e. The Kier molecular flexibility index (Phi) is 8.82. The Hall–Kier alpha value is -4.38. The van der Waals surface area contributed by atoms with Crippen LogP contribution in [-0.4, -0.2) is 43.0 Å². The number of imide groups is 1. The van der Waals surface area contributed by atoms with E-state index in [1.54, 1.807) is 48.5 Å². The molecule has 1 saturated heterocycles. The van der Waals surface area contributed by atoms with Gasteiger partial charge in [0, 0.05) is 0 Å². The van der Waals surface area contributed by atoms with Crippen LogP contribution in [0, 0.1) is 5.82 Å². The van der Waals surface area contributed by atoms with Crippen molar-refractivity contribution in [3.8, 4) is 17.2 Å². The van der Waals surface area contributed by atoms with Gasteiger partial charge in [0.1, 0.15) is 30.4 Å². The van der Waals surface area contributed by atoms with E-state index < -0.39 is 24.4 Å². The van der Waals surface area contributed by atoms with Crippen LogP contribution in [0.5, 0.6) is 17.2 Å². The van der Waals surface area contributed by atoms with Crippen LogP contribution in [0.15, 0.2) is 70.8 Å². The second kappa shape index (κ2) is 12.4. The van der Waals surface area contributed by atoms with Crippen molar-refractivity contribution in [1.29, 1.82) is 0 Å². The number of anilines is 1.